The Bertz CT molecular complexity index is 212. The van der Waals surface area contributed by atoms with Gasteiger partial charge in [-0.1, -0.05) is 18.2 Å². The van der Waals surface area contributed by atoms with Gasteiger partial charge < -0.3 is 5.11 Å². The molecule has 11 heavy (non-hydrogen) atoms. The zero-order valence-corrected chi connectivity index (χ0v) is 7.40. The number of aliphatic hydroxyl groups excluding tert-OH is 1. The van der Waals surface area contributed by atoms with Crippen molar-refractivity contribution in [3.8, 4) is 0 Å². The van der Waals surface area contributed by atoms with Gasteiger partial charge in [-0.15, -0.1) is 0 Å². The van der Waals surface area contributed by atoms with Crippen molar-refractivity contribution in [2.75, 3.05) is 0 Å². The maximum absolute atomic E-state index is 10.8. The van der Waals surface area contributed by atoms with Crippen molar-refractivity contribution in [3.63, 3.8) is 0 Å². The van der Waals surface area contributed by atoms with Gasteiger partial charge >= 0.3 is 0 Å². The molecule has 62 valence electrons. The molecule has 0 aromatic rings. The predicted octanol–water partition coefficient (Wildman–Crippen LogP) is 2.55. The average molecular weight is 175 g/mol. The van der Waals surface area contributed by atoms with Crippen LogP contribution in [0, 0.1) is 0 Å². The van der Waals surface area contributed by atoms with Gasteiger partial charge in [-0.05, 0) is 13.8 Å². The van der Waals surface area contributed by atoms with Gasteiger partial charge in [0, 0.05) is 17.0 Å². The molecule has 0 unspecified atom stereocenters. The van der Waals surface area contributed by atoms with E-state index in [0.29, 0.717) is 10.6 Å². The molecule has 2 nitrogen and oxygen atoms in total. The summed E-state index contributed by atoms with van der Waals surface area (Å²) in [5.74, 6) is -0.161. The molecule has 0 saturated carbocycles. The zero-order valence-electron chi connectivity index (χ0n) is 6.65. The molecular weight excluding hydrogens is 164 g/mol. The third-order valence-corrected chi connectivity index (χ3v) is 1.36. The molecule has 1 N–H and O–H groups in total. The fraction of sp³-hybridized carbons (Fsp3) is 0.375. The summed E-state index contributed by atoms with van der Waals surface area (Å²) in [5, 5.41) is 9.34. The van der Waals surface area contributed by atoms with Crippen LogP contribution in [-0.4, -0.2) is 10.9 Å². The number of Topliss-reactive ketones (excluding diaryl/α,β-unsaturated/α-hetero) is 1. The van der Waals surface area contributed by atoms with Crippen molar-refractivity contribution in [2.45, 2.75) is 20.3 Å². The number of hydrogen-bond acceptors (Lipinski definition) is 2. The van der Waals surface area contributed by atoms with Gasteiger partial charge in [-0.3, -0.25) is 4.79 Å². The number of carbonyl (C=O) groups is 1. The van der Waals surface area contributed by atoms with Crippen LogP contribution < -0.4 is 0 Å². The monoisotopic (exact) mass is 174 g/mol. The van der Waals surface area contributed by atoms with Crippen LogP contribution in [0.3, 0.4) is 0 Å². The number of ketones is 1. The molecular formula is C8H11ClO2. The summed E-state index contributed by atoms with van der Waals surface area (Å²) in [7, 11) is 0. The van der Waals surface area contributed by atoms with E-state index in [1.54, 1.807) is 0 Å². The van der Waals surface area contributed by atoms with Crippen molar-refractivity contribution < 1.29 is 9.90 Å². The van der Waals surface area contributed by atoms with Crippen LogP contribution in [0.5, 0.6) is 0 Å². The second kappa shape index (κ2) is 4.19. The molecule has 0 heterocycles. The maximum atomic E-state index is 10.8. The van der Waals surface area contributed by atoms with Crippen LogP contribution in [0.15, 0.2) is 22.9 Å². The van der Waals surface area contributed by atoms with E-state index in [1.165, 1.54) is 13.8 Å². The summed E-state index contributed by atoms with van der Waals surface area (Å²) in [5.41, 5.74) is 0.324. The second-order valence-electron chi connectivity index (χ2n) is 2.31. The third kappa shape index (κ3) is 3.83. The molecule has 0 aliphatic heterocycles. The first-order chi connectivity index (χ1) is 4.95. The van der Waals surface area contributed by atoms with E-state index in [-0.39, 0.29) is 18.0 Å². The van der Waals surface area contributed by atoms with Crippen molar-refractivity contribution in [1.82, 2.24) is 0 Å². The Morgan fingerprint density at radius 3 is 2.09 bits per heavy atom. The van der Waals surface area contributed by atoms with Gasteiger partial charge in [0.15, 0.2) is 5.78 Å². The van der Waals surface area contributed by atoms with Gasteiger partial charge in [-0.25, -0.2) is 0 Å². The van der Waals surface area contributed by atoms with Gasteiger partial charge in [-0.2, -0.15) is 0 Å². The summed E-state index contributed by atoms with van der Waals surface area (Å²) in [4.78, 5) is 10.8. The van der Waals surface area contributed by atoms with Crippen LogP contribution in [0.2, 0.25) is 0 Å². The highest BCUT2D eigenvalue weighted by Gasteiger charge is 2.08. The summed E-state index contributed by atoms with van der Waals surface area (Å²) in [6.45, 7) is 6.27. The highest BCUT2D eigenvalue weighted by Crippen LogP contribution is 2.15. The van der Waals surface area contributed by atoms with Crippen molar-refractivity contribution in [1.29, 1.82) is 0 Å². The molecule has 0 aliphatic carbocycles. The quantitative estimate of drug-likeness (QED) is 0.528. The number of aliphatic hydroxyl groups is 1. The minimum Gasteiger partial charge on any atom is -0.512 e. The first-order valence-corrected chi connectivity index (χ1v) is 3.56. The van der Waals surface area contributed by atoms with Gasteiger partial charge in [0.05, 0.1) is 5.76 Å². The van der Waals surface area contributed by atoms with E-state index >= 15 is 0 Å². The van der Waals surface area contributed by atoms with Gasteiger partial charge in [0.25, 0.3) is 0 Å². The van der Waals surface area contributed by atoms with Crippen molar-refractivity contribution >= 4 is 17.4 Å². The molecule has 0 radical (unpaired) electrons. The maximum Gasteiger partial charge on any atom is 0.159 e. The van der Waals surface area contributed by atoms with E-state index in [0.717, 1.165) is 0 Å². The second-order valence-corrected chi connectivity index (χ2v) is 2.85. The van der Waals surface area contributed by atoms with Crippen molar-refractivity contribution in [2.24, 2.45) is 0 Å². The van der Waals surface area contributed by atoms with Gasteiger partial charge in [0.2, 0.25) is 0 Å². The fourth-order valence-corrected chi connectivity index (χ4v) is 0.833. The Morgan fingerprint density at radius 2 is 2.00 bits per heavy atom. The number of halogens is 1. The normalized spacial score (nSPS) is 12.3. The minimum absolute atomic E-state index is 0.0132. The highest BCUT2D eigenvalue weighted by atomic mass is 35.5. The first-order valence-electron chi connectivity index (χ1n) is 3.18. The molecule has 3 heteroatoms. The van der Waals surface area contributed by atoms with Gasteiger partial charge in [0.1, 0.15) is 0 Å². The van der Waals surface area contributed by atoms with Crippen LogP contribution in [0.25, 0.3) is 0 Å². The van der Waals surface area contributed by atoms with Crippen LogP contribution >= 0.6 is 11.6 Å². The largest absolute Gasteiger partial charge is 0.512 e. The molecule has 0 bridgehead atoms. The van der Waals surface area contributed by atoms with E-state index in [4.69, 9.17) is 16.7 Å². The summed E-state index contributed by atoms with van der Waals surface area (Å²) >= 11 is 5.47. The Hall–Kier alpha value is -0.760. The number of rotatable bonds is 3. The molecule has 0 amide bonds. The molecule has 0 atom stereocenters. The molecule has 0 saturated heterocycles. The smallest absolute Gasteiger partial charge is 0.159 e. The summed E-state index contributed by atoms with van der Waals surface area (Å²) in [6, 6.07) is 0. The molecule has 0 aromatic carbocycles. The van der Waals surface area contributed by atoms with E-state index < -0.39 is 0 Å². The number of allylic oxidation sites excluding steroid dienone is 3. The lowest BCUT2D eigenvalue weighted by molar-refractivity contribution is -0.113. The molecule has 0 fully saturated rings. The van der Waals surface area contributed by atoms with E-state index in [2.05, 4.69) is 6.58 Å². The summed E-state index contributed by atoms with van der Waals surface area (Å²) < 4.78 is 0. The predicted molar refractivity (Wildman–Crippen MR) is 45.6 cm³/mol. The molecule has 0 aromatic heterocycles. The first kappa shape index (κ1) is 10.2. The third-order valence-electron chi connectivity index (χ3n) is 1.23. The number of hydrogen-bond donors (Lipinski definition) is 1. The fourth-order valence-electron chi connectivity index (χ4n) is 0.699. The lowest BCUT2D eigenvalue weighted by Gasteiger charge is -2.02. The summed E-state index contributed by atoms with van der Waals surface area (Å²) in [6.07, 6.45) is 0.235. The van der Waals surface area contributed by atoms with Crippen LogP contribution in [0.4, 0.5) is 0 Å². The average Bonchev–Trinajstić information content (AvgIpc) is 1.81. The van der Waals surface area contributed by atoms with E-state index in [9.17, 15) is 4.79 Å². The van der Waals surface area contributed by atoms with Crippen LogP contribution in [0.1, 0.15) is 20.3 Å². The van der Waals surface area contributed by atoms with Crippen LogP contribution in [-0.2, 0) is 4.79 Å². The molecule has 0 rings (SSSR count). The Morgan fingerprint density at radius 1 is 1.55 bits per heavy atom. The number of carbonyl (C=O) groups excluding carboxylic acids is 1. The van der Waals surface area contributed by atoms with Crippen molar-refractivity contribution in [3.05, 3.63) is 22.9 Å². The molecule has 0 spiro atoms. The zero-order chi connectivity index (χ0) is 9.02. The topological polar surface area (TPSA) is 37.3 Å². The van der Waals surface area contributed by atoms with E-state index in [1.807, 2.05) is 0 Å². The Kier molecular flexibility index (Phi) is 3.90. The highest BCUT2D eigenvalue weighted by molar-refractivity contribution is 6.29. The lowest BCUT2D eigenvalue weighted by Crippen LogP contribution is -1.99. The lowest BCUT2D eigenvalue weighted by atomic mass is 10.1. The SMILES string of the molecule is C=C(Cl)C/C(C(C)=O)=C(/C)O. The standard InChI is InChI=1S/C8H11ClO2/c1-5(9)4-8(6(2)10)7(3)11/h10H,1,4H2,2-3H3/b8-6+. The Labute approximate surface area is 71.2 Å². The minimum atomic E-state index is -0.174. The Balaban J connectivity index is 4.52. The molecule has 0 aliphatic rings.